The highest BCUT2D eigenvalue weighted by Gasteiger charge is 2.19. The van der Waals surface area contributed by atoms with E-state index in [4.69, 9.17) is 24.4 Å². The molecule has 1 heterocycles. The molecule has 0 aromatic heterocycles. The molecule has 0 radical (unpaired) electrons. The maximum atomic E-state index is 5.28. The molecule has 0 aliphatic carbocycles. The lowest BCUT2D eigenvalue weighted by atomic mass is 10.3. The third-order valence-corrected chi connectivity index (χ3v) is 3.32. The van der Waals surface area contributed by atoms with E-state index in [1.807, 2.05) is 0 Å². The monoisotopic (exact) mass is 260 g/mol. The standard InChI is InChI=1S/C10H20N4S2/c1-3-11-9(15)13-5-7-14(8-6-13)10(16)12-4-2/h3-8H2,1-2H3,(H,11,15)(H,12,16). The summed E-state index contributed by atoms with van der Waals surface area (Å²) in [5.41, 5.74) is 0. The summed E-state index contributed by atoms with van der Waals surface area (Å²) in [4.78, 5) is 4.40. The Morgan fingerprint density at radius 3 is 1.44 bits per heavy atom. The van der Waals surface area contributed by atoms with Crippen LogP contribution >= 0.6 is 24.4 Å². The van der Waals surface area contributed by atoms with Gasteiger partial charge in [-0.15, -0.1) is 0 Å². The molecule has 1 aliphatic heterocycles. The third-order valence-electron chi connectivity index (χ3n) is 2.51. The van der Waals surface area contributed by atoms with Crippen molar-refractivity contribution in [1.29, 1.82) is 0 Å². The predicted octanol–water partition coefficient (Wildman–Crippen LogP) is 0.393. The van der Waals surface area contributed by atoms with E-state index < -0.39 is 0 Å². The molecule has 1 aliphatic rings. The molecule has 0 spiro atoms. The van der Waals surface area contributed by atoms with Gasteiger partial charge in [-0.25, -0.2) is 0 Å². The normalized spacial score (nSPS) is 15.9. The van der Waals surface area contributed by atoms with E-state index in [9.17, 15) is 0 Å². The van der Waals surface area contributed by atoms with Gasteiger partial charge in [0, 0.05) is 39.3 Å². The van der Waals surface area contributed by atoms with E-state index in [0.29, 0.717) is 0 Å². The highest BCUT2D eigenvalue weighted by Crippen LogP contribution is 2.02. The lowest BCUT2D eigenvalue weighted by Gasteiger charge is -2.37. The summed E-state index contributed by atoms with van der Waals surface area (Å²) in [6.07, 6.45) is 0. The van der Waals surface area contributed by atoms with Crippen molar-refractivity contribution >= 4 is 34.7 Å². The van der Waals surface area contributed by atoms with Crippen LogP contribution in [0.5, 0.6) is 0 Å². The first-order chi connectivity index (χ1) is 7.69. The van der Waals surface area contributed by atoms with Gasteiger partial charge >= 0.3 is 0 Å². The van der Waals surface area contributed by atoms with Gasteiger partial charge in [0.05, 0.1) is 0 Å². The highest BCUT2D eigenvalue weighted by molar-refractivity contribution is 7.80. The van der Waals surface area contributed by atoms with E-state index in [1.54, 1.807) is 0 Å². The Bertz CT molecular complexity index is 223. The van der Waals surface area contributed by atoms with Crippen molar-refractivity contribution in [3.8, 4) is 0 Å². The van der Waals surface area contributed by atoms with Crippen molar-refractivity contribution in [1.82, 2.24) is 20.4 Å². The van der Waals surface area contributed by atoms with Crippen LogP contribution in [0.2, 0.25) is 0 Å². The minimum atomic E-state index is 0.858. The summed E-state index contributed by atoms with van der Waals surface area (Å²) in [5.74, 6) is 0. The van der Waals surface area contributed by atoms with Crippen molar-refractivity contribution < 1.29 is 0 Å². The largest absolute Gasteiger partial charge is 0.363 e. The fraction of sp³-hybridized carbons (Fsp3) is 0.800. The van der Waals surface area contributed by atoms with Crippen LogP contribution in [0.15, 0.2) is 0 Å². The van der Waals surface area contributed by atoms with E-state index in [2.05, 4.69) is 34.3 Å². The first kappa shape index (κ1) is 13.4. The Kier molecular flexibility index (Phi) is 5.76. The summed E-state index contributed by atoms with van der Waals surface area (Å²) >= 11 is 10.6. The average Bonchev–Trinajstić information content (AvgIpc) is 2.30. The van der Waals surface area contributed by atoms with Crippen molar-refractivity contribution in [2.45, 2.75) is 13.8 Å². The van der Waals surface area contributed by atoms with Gasteiger partial charge in [-0.3, -0.25) is 0 Å². The zero-order valence-electron chi connectivity index (χ0n) is 9.95. The lowest BCUT2D eigenvalue weighted by molar-refractivity contribution is 0.255. The Hall–Kier alpha value is -0.620. The van der Waals surface area contributed by atoms with Gasteiger partial charge < -0.3 is 20.4 Å². The lowest BCUT2D eigenvalue weighted by Crippen LogP contribution is -2.54. The molecule has 0 aromatic carbocycles. The molecular weight excluding hydrogens is 240 g/mol. The summed E-state index contributed by atoms with van der Waals surface area (Å²) in [6.45, 7) is 9.65. The van der Waals surface area contributed by atoms with Crippen LogP contribution in [0.4, 0.5) is 0 Å². The van der Waals surface area contributed by atoms with E-state index in [-0.39, 0.29) is 0 Å². The maximum absolute atomic E-state index is 5.28. The summed E-state index contributed by atoms with van der Waals surface area (Å²) in [6, 6.07) is 0. The van der Waals surface area contributed by atoms with Crippen molar-refractivity contribution in [3.63, 3.8) is 0 Å². The highest BCUT2D eigenvalue weighted by atomic mass is 32.1. The van der Waals surface area contributed by atoms with Crippen molar-refractivity contribution in [2.75, 3.05) is 39.3 Å². The Morgan fingerprint density at radius 1 is 0.875 bits per heavy atom. The quantitative estimate of drug-likeness (QED) is 0.699. The van der Waals surface area contributed by atoms with Gasteiger partial charge in [-0.05, 0) is 38.3 Å². The number of hydrogen-bond donors (Lipinski definition) is 2. The number of thiocarbonyl (C=S) groups is 2. The summed E-state index contributed by atoms with van der Waals surface area (Å²) in [7, 11) is 0. The molecule has 0 saturated carbocycles. The molecule has 4 nitrogen and oxygen atoms in total. The van der Waals surface area contributed by atoms with Crippen LogP contribution < -0.4 is 10.6 Å². The van der Waals surface area contributed by atoms with E-state index >= 15 is 0 Å². The Morgan fingerprint density at radius 2 is 1.19 bits per heavy atom. The number of rotatable bonds is 2. The number of hydrogen-bond acceptors (Lipinski definition) is 2. The average molecular weight is 260 g/mol. The Balaban J connectivity index is 2.33. The molecule has 0 amide bonds. The molecule has 0 bridgehead atoms. The van der Waals surface area contributed by atoms with Gasteiger partial charge in [-0.2, -0.15) is 0 Å². The molecule has 1 saturated heterocycles. The van der Waals surface area contributed by atoms with Crippen LogP contribution in [0.3, 0.4) is 0 Å². The van der Waals surface area contributed by atoms with Gasteiger partial charge in [0.2, 0.25) is 0 Å². The van der Waals surface area contributed by atoms with Crippen molar-refractivity contribution in [2.24, 2.45) is 0 Å². The SMILES string of the molecule is CCNC(=S)N1CCN(C(=S)NCC)CC1. The van der Waals surface area contributed by atoms with Crippen LogP contribution in [0, 0.1) is 0 Å². The van der Waals surface area contributed by atoms with Crippen LogP contribution in [-0.2, 0) is 0 Å². The predicted molar refractivity (Wildman–Crippen MR) is 75.7 cm³/mol. The van der Waals surface area contributed by atoms with Crippen LogP contribution in [-0.4, -0.2) is 59.3 Å². The minimum absolute atomic E-state index is 0.858. The molecule has 1 rings (SSSR count). The third kappa shape index (κ3) is 3.75. The van der Waals surface area contributed by atoms with Gasteiger partial charge in [0.25, 0.3) is 0 Å². The molecule has 92 valence electrons. The first-order valence-electron chi connectivity index (χ1n) is 5.74. The fourth-order valence-electron chi connectivity index (χ4n) is 1.64. The molecule has 0 atom stereocenters. The zero-order chi connectivity index (χ0) is 12.0. The second kappa shape index (κ2) is 6.85. The molecule has 1 fully saturated rings. The molecule has 2 N–H and O–H groups in total. The molecule has 16 heavy (non-hydrogen) atoms. The van der Waals surface area contributed by atoms with Gasteiger partial charge in [-0.1, -0.05) is 0 Å². The summed E-state index contributed by atoms with van der Waals surface area (Å²) < 4.78 is 0. The molecule has 0 unspecified atom stereocenters. The number of piperazine rings is 1. The molecule has 6 heteroatoms. The topological polar surface area (TPSA) is 30.5 Å². The maximum Gasteiger partial charge on any atom is 0.169 e. The van der Waals surface area contributed by atoms with Gasteiger partial charge in [0.1, 0.15) is 0 Å². The summed E-state index contributed by atoms with van der Waals surface area (Å²) in [5, 5.41) is 8.07. The second-order valence-electron chi connectivity index (χ2n) is 3.65. The smallest absolute Gasteiger partial charge is 0.169 e. The van der Waals surface area contributed by atoms with Crippen molar-refractivity contribution in [3.05, 3.63) is 0 Å². The fourth-order valence-corrected chi connectivity index (χ4v) is 2.29. The zero-order valence-corrected chi connectivity index (χ0v) is 11.6. The second-order valence-corrected chi connectivity index (χ2v) is 4.42. The first-order valence-corrected chi connectivity index (χ1v) is 6.56. The minimum Gasteiger partial charge on any atom is -0.363 e. The van der Waals surface area contributed by atoms with Gasteiger partial charge in [0.15, 0.2) is 10.2 Å². The van der Waals surface area contributed by atoms with Crippen LogP contribution in [0.25, 0.3) is 0 Å². The van der Waals surface area contributed by atoms with E-state index in [0.717, 1.165) is 49.5 Å². The van der Waals surface area contributed by atoms with E-state index in [1.165, 1.54) is 0 Å². The molecule has 0 aromatic rings. The number of nitrogens with zero attached hydrogens (tertiary/aromatic N) is 2. The number of nitrogens with one attached hydrogen (secondary N) is 2. The molecular formula is C10H20N4S2. The Labute approximate surface area is 108 Å². The van der Waals surface area contributed by atoms with Crippen LogP contribution in [0.1, 0.15) is 13.8 Å².